The molecule has 116 valence electrons. The van der Waals surface area contributed by atoms with E-state index in [1.54, 1.807) is 0 Å². The molecule has 0 radical (unpaired) electrons. The summed E-state index contributed by atoms with van der Waals surface area (Å²) in [7, 11) is 2.03. The molecule has 3 rings (SSSR count). The lowest BCUT2D eigenvalue weighted by molar-refractivity contribution is 0.164. The highest BCUT2D eigenvalue weighted by atomic mass is 35.5. The second-order valence-electron chi connectivity index (χ2n) is 5.96. The van der Waals surface area contributed by atoms with Crippen LogP contribution in [0.3, 0.4) is 0 Å². The Morgan fingerprint density at radius 2 is 2.05 bits per heavy atom. The highest BCUT2D eigenvalue weighted by molar-refractivity contribution is 6.30. The maximum Gasteiger partial charge on any atom is 0.0623 e. The number of piperazine rings is 1. The Hall–Kier alpha value is -0.810. The number of nitrogens with one attached hydrogen (secondary N) is 1. The van der Waals surface area contributed by atoms with Gasteiger partial charge in [0.05, 0.1) is 13.2 Å². The van der Waals surface area contributed by atoms with Gasteiger partial charge in [-0.2, -0.15) is 0 Å². The van der Waals surface area contributed by atoms with Crippen LogP contribution in [0.4, 0.5) is 5.69 Å². The van der Waals surface area contributed by atoms with Crippen molar-refractivity contribution < 1.29 is 4.74 Å². The third-order valence-electron chi connectivity index (χ3n) is 4.61. The number of likely N-dealkylation sites (N-methyl/N-ethyl adjacent to an activating group) is 1. The van der Waals surface area contributed by atoms with E-state index in [2.05, 4.69) is 27.2 Å². The van der Waals surface area contributed by atoms with Gasteiger partial charge in [0.15, 0.2) is 0 Å². The molecule has 2 aliphatic rings. The summed E-state index contributed by atoms with van der Waals surface area (Å²) in [5.74, 6) is 0.618. The van der Waals surface area contributed by atoms with E-state index >= 15 is 0 Å². The fourth-order valence-corrected chi connectivity index (χ4v) is 3.48. The maximum atomic E-state index is 6.08. The van der Waals surface area contributed by atoms with E-state index in [0.717, 1.165) is 51.0 Å². The molecule has 0 aliphatic carbocycles. The molecule has 0 amide bonds. The fraction of sp³-hybridized carbons (Fsp3) is 0.625. The average molecular weight is 310 g/mol. The number of halogens is 1. The summed E-state index contributed by atoms with van der Waals surface area (Å²) in [6.07, 6.45) is 0. The van der Waals surface area contributed by atoms with Crippen molar-refractivity contribution in [1.82, 2.24) is 10.2 Å². The van der Waals surface area contributed by atoms with E-state index in [0.29, 0.717) is 12.0 Å². The van der Waals surface area contributed by atoms with Gasteiger partial charge < -0.3 is 15.0 Å². The first-order valence-corrected chi connectivity index (χ1v) is 8.12. The molecule has 5 heteroatoms. The molecule has 1 aromatic carbocycles. The molecule has 4 nitrogen and oxygen atoms in total. The molecular weight excluding hydrogens is 286 g/mol. The van der Waals surface area contributed by atoms with Crippen LogP contribution in [0.25, 0.3) is 0 Å². The fourth-order valence-electron chi connectivity index (χ4n) is 3.29. The molecule has 0 saturated carbocycles. The van der Waals surface area contributed by atoms with E-state index in [4.69, 9.17) is 16.3 Å². The lowest BCUT2D eigenvalue weighted by atomic mass is 10.0. The third kappa shape index (κ3) is 3.69. The quantitative estimate of drug-likeness (QED) is 0.916. The van der Waals surface area contributed by atoms with Crippen LogP contribution in [-0.4, -0.2) is 63.9 Å². The second kappa shape index (κ2) is 6.97. The summed E-state index contributed by atoms with van der Waals surface area (Å²) >= 11 is 6.08. The summed E-state index contributed by atoms with van der Waals surface area (Å²) in [6.45, 7) is 7.23. The number of hydrogen-bond donors (Lipinski definition) is 1. The summed E-state index contributed by atoms with van der Waals surface area (Å²) in [5.41, 5.74) is 1.24. The predicted octanol–water partition coefficient (Wildman–Crippen LogP) is 1.70. The van der Waals surface area contributed by atoms with Crippen molar-refractivity contribution in [1.29, 1.82) is 0 Å². The van der Waals surface area contributed by atoms with Crippen LogP contribution < -0.4 is 10.2 Å². The Bertz CT molecular complexity index is 463. The molecule has 1 aromatic rings. The standard InChI is InChI=1S/C16H24ClN3O/c1-18-16-12-21-11-13(16)10-19-5-7-20(8-6-19)15-4-2-3-14(17)9-15/h2-4,9,13,16,18H,5-8,10-12H2,1H3. The number of nitrogens with zero attached hydrogens (tertiary/aromatic N) is 2. The summed E-state index contributed by atoms with van der Waals surface area (Å²) in [6, 6.07) is 8.66. The zero-order valence-corrected chi connectivity index (χ0v) is 13.4. The van der Waals surface area contributed by atoms with Gasteiger partial charge in [-0.3, -0.25) is 4.90 Å². The van der Waals surface area contributed by atoms with Gasteiger partial charge in [0, 0.05) is 55.4 Å². The van der Waals surface area contributed by atoms with Crippen LogP contribution in [-0.2, 0) is 4.74 Å². The first kappa shape index (κ1) is 15.1. The van der Waals surface area contributed by atoms with Gasteiger partial charge in [0.1, 0.15) is 0 Å². The monoisotopic (exact) mass is 309 g/mol. The van der Waals surface area contributed by atoms with Gasteiger partial charge in [-0.25, -0.2) is 0 Å². The molecule has 2 unspecified atom stereocenters. The van der Waals surface area contributed by atoms with Crippen LogP contribution in [0.1, 0.15) is 0 Å². The molecule has 2 saturated heterocycles. The van der Waals surface area contributed by atoms with Gasteiger partial charge in [0.2, 0.25) is 0 Å². The molecule has 2 fully saturated rings. The molecule has 2 heterocycles. The topological polar surface area (TPSA) is 27.7 Å². The molecule has 2 atom stereocenters. The Morgan fingerprint density at radius 3 is 2.76 bits per heavy atom. The first-order chi connectivity index (χ1) is 10.3. The van der Waals surface area contributed by atoms with Crippen LogP contribution in [0.2, 0.25) is 5.02 Å². The number of hydrogen-bond acceptors (Lipinski definition) is 4. The Labute approximate surface area is 132 Å². The van der Waals surface area contributed by atoms with Gasteiger partial charge in [-0.15, -0.1) is 0 Å². The maximum absolute atomic E-state index is 6.08. The Balaban J connectivity index is 1.51. The zero-order chi connectivity index (χ0) is 14.7. The van der Waals surface area contributed by atoms with Crippen molar-refractivity contribution in [3.8, 4) is 0 Å². The van der Waals surface area contributed by atoms with Crippen LogP contribution in [0.15, 0.2) is 24.3 Å². The summed E-state index contributed by atoms with van der Waals surface area (Å²) in [5, 5.41) is 4.18. The molecule has 0 spiro atoms. The minimum Gasteiger partial charge on any atom is -0.379 e. The van der Waals surface area contributed by atoms with Gasteiger partial charge >= 0.3 is 0 Å². The van der Waals surface area contributed by atoms with Gasteiger partial charge in [-0.1, -0.05) is 17.7 Å². The highest BCUT2D eigenvalue weighted by Crippen LogP contribution is 2.22. The van der Waals surface area contributed by atoms with Crippen molar-refractivity contribution in [2.75, 3.05) is 57.9 Å². The van der Waals surface area contributed by atoms with Gasteiger partial charge in [-0.05, 0) is 25.2 Å². The number of benzene rings is 1. The van der Waals surface area contributed by atoms with Gasteiger partial charge in [0.25, 0.3) is 0 Å². The smallest absolute Gasteiger partial charge is 0.0623 e. The molecule has 1 N–H and O–H groups in total. The zero-order valence-electron chi connectivity index (χ0n) is 12.6. The van der Waals surface area contributed by atoms with Crippen LogP contribution in [0, 0.1) is 5.92 Å². The number of anilines is 1. The van der Waals surface area contributed by atoms with Crippen molar-refractivity contribution >= 4 is 17.3 Å². The van der Waals surface area contributed by atoms with Crippen molar-refractivity contribution in [3.63, 3.8) is 0 Å². The summed E-state index contributed by atoms with van der Waals surface area (Å²) < 4.78 is 5.59. The minimum absolute atomic E-state index is 0.510. The predicted molar refractivity (Wildman–Crippen MR) is 87.3 cm³/mol. The molecule has 0 aromatic heterocycles. The lowest BCUT2D eigenvalue weighted by Gasteiger charge is -2.37. The van der Waals surface area contributed by atoms with E-state index in [-0.39, 0.29) is 0 Å². The van der Waals surface area contributed by atoms with E-state index in [9.17, 15) is 0 Å². The van der Waals surface area contributed by atoms with Crippen molar-refractivity contribution in [3.05, 3.63) is 29.3 Å². The Morgan fingerprint density at radius 1 is 1.24 bits per heavy atom. The normalized spacial score (nSPS) is 27.2. The summed E-state index contributed by atoms with van der Waals surface area (Å²) in [4.78, 5) is 4.98. The SMILES string of the molecule is CNC1COCC1CN1CCN(c2cccc(Cl)c2)CC1. The molecule has 0 bridgehead atoms. The molecule has 21 heavy (non-hydrogen) atoms. The third-order valence-corrected chi connectivity index (χ3v) is 4.84. The van der Waals surface area contributed by atoms with Crippen LogP contribution >= 0.6 is 11.6 Å². The lowest BCUT2D eigenvalue weighted by Crippen LogP contribution is -2.49. The minimum atomic E-state index is 0.510. The number of ether oxygens (including phenoxy) is 1. The number of rotatable bonds is 4. The average Bonchev–Trinajstić information content (AvgIpc) is 2.95. The largest absolute Gasteiger partial charge is 0.379 e. The van der Waals surface area contributed by atoms with Crippen molar-refractivity contribution in [2.45, 2.75) is 6.04 Å². The van der Waals surface area contributed by atoms with E-state index in [1.165, 1.54) is 5.69 Å². The van der Waals surface area contributed by atoms with Crippen LogP contribution in [0.5, 0.6) is 0 Å². The first-order valence-electron chi connectivity index (χ1n) is 7.74. The second-order valence-corrected chi connectivity index (χ2v) is 6.40. The van der Waals surface area contributed by atoms with E-state index in [1.807, 2.05) is 19.2 Å². The van der Waals surface area contributed by atoms with E-state index < -0.39 is 0 Å². The van der Waals surface area contributed by atoms with Crippen molar-refractivity contribution in [2.24, 2.45) is 5.92 Å². The molecule has 2 aliphatic heterocycles. The molecular formula is C16H24ClN3O. The highest BCUT2D eigenvalue weighted by Gasteiger charge is 2.29. The Kier molecular flexibility index (Phi) is 5.01.